The first kappa shape index (κ1) is 20.2. The SMILES string of the molecule is NC(=O)c1cccnc1OC1CCC(N2C(=O)CN(c3cccc(Cl)c3)C2=O)CC1. The van der Waals surface area contributed by atoms with Gasteiger partial charge in [0.2, 0.25) is 5.88 Å². The third kappa shape index (κ3) is 3.95. The van der Waals surface area contributed by atoms with Crippen molar-refractivity contribution in [3.05, 3.63) is 53.2 Å². The van der Waals surface area contributed by atoms with Crippen LogP contribution in [0, 0.1) is 0 Å². The van der Waals surface area contributed by atoms with Gasteiger partial charge in [-0.25, -0.2) is 9.78 Å². The minimum Gasteiger partial charge on any atom is -0.474 e. The smallest absolute Gasteiger partial charge is 0.331 e. The van der Waals surface area contributed by atoms with E-state index in [0.717, 1.165) is 0 Å². The predicted octanol–water partition coefficient (Wildman–Crippen LogP) is 2.99. The van der Waals surface area contributed by atoms with Gasteiger partial charge >= 0.3 is 6.03 Å². The quantitative estimate of drug-likeness (QED) is 0.737. The van der Waals surface area contributed by atoms with E-state index in [1.54, 1.807) is 42.6 Å². The van der Waals surface area contributed by atoms with Gasteiger partial charge in [0.1, 0.15) is 18.2 Å². The zero-order valence-electron chi connectivity index (χ0n) is 16.2. The van der Waals surface area contributed by atoms with Crippen molar-refractivity contribution in [2.45, 2.75) is 37.8 Å². The Morgan fingerprint density at radius 1 is 1.13 bits per heavy atom. The first-order chi connectivity index (χ1) is 14.4. The van der Waals surface area contributed by atoms with E-state index in [0.29, 0.717) is 36.4 Å². The van der Waals surface area contributed by atoms with Gasteiger partial charge in [0, 0.05) is 22.9 Å². The minimum atomic E-state index is -0.596. The van der Waals surface area contributed by atoms with Crippen molar-refractivity contribution in [1.29, 1.82) is 0 Å². The maximum atomic E-state index is 12.9. The largest absolute Gasteiger partial charge is 0.474 e. The molecule has 0 bridgehead atoms. The average molecular weight is 429 g/mol. The van der Waals surface area contributed by atoms with Crippen LogP contribution < -0.4 is 15.4 Å². The first-order valence-corrected chi connectivity index (χ1v) is 10.1. The monoisotopic (exact) mass is 428 g/mol. The van der Waals surface area contributed by atoms with Crippen molar-refractivity contribution >= 4 is 35.1 Å². The number of halogens is 1. The van der Waals surface area contributed by atoms with Crippen molar-refractivity contribution in [1.82, 2.24) is 9.88 Å². The van der Waals surface area contributed by atoms with Crippen LogP contribution in [0.5, 0.6) is 5.88 Å². The number of nitrogens with two attached hydrogens (primary N) is 1. The van der Waals surface area contributed by atoms with E-state index in [1.807, 2.05) is 0 Å². The Kier molecular flexibility index (Phi) is 5.59. The molecule has 30 heavy (non-hydrogen) atoms. The van der Waals surface area contributed by atoms with Crippen LogP contribution in [-0.2, 0) is 4.79 Å². The summed E-state index contributed by atoms with van der Waals surface area (Å²) in [6, 6.07) is 9.58. The Labute approximate surface area is 178 Å². The molecule has 4 amide bonds. The number of primary amides is 1. The van der Waals surface area contributed by atoms with Gasteiger partial charge in [-0.2, -0.15) is 0 Å². The third-order valence-corrected chi connectivity index (χ3v) is 5.68. The van der Waals surface area contributed by atoms with Crippen LogP contribution in [0.15, 0.2) is 42.6 Å². The summed E-state index contributed by atoms with van der Waals surface area (Å²) < 4.78 is 5.89. The van der Waals surface area contributed by atoms with E-state index in [1.165, 1.54) is 9.80 Å². The number of hydrogen-bond acceptors (Lipinski definition) is 5. The summed E-state index contributed by atoms with van der Waals surface area (Å²) in [7, 11) is 0. The number of aromatic nitrogens is 1. The normalized spacial score (nSPS) is 21.8. The van der Waals surface area contributed by atoms with Gasteiger partial charge < -0.3 is 10.5 Å². The highest BCUT2D eigenvalue weighted by molar-refractivity contribution is 6.31. The van der Waals surface area contributed by atoms with E-state index in [2.05, 4.69) is 4.98 Å². The number of carbonyl (C=O) groups is 3. The first-order valence-electron chi connectivity index (χ1n) is 9.74. The second-order valence-electron chi connectivity index (χ2n) is 7.38. The molecule has 9 heteroatoms. The van der Waals surface area contributed by atoms with Gasteiger partial charge in [-0.1, -0.05) is 17.7 Å². The van der Waals surface area contributed by atoms with E-state index in [4.69, 9.17) is 22.1 Å². The Hall–Kier alpha value is -3.13. The number of anilines is 1. The molecule has 156 valence electrons. The van der Waals surface area contributed by atoms with Crippen molar-refractivity contribution in [2.24, 2.45) is 5.73 Å². The van der Waals surface area contributed by atoms with Gasteiger partial charge in [-0.3, -0.25) is 19.4 Å². The molecule has 2 N–H and O–H groups in total. The van der Waals surface area contributed by atoms with E-state index in [-0.39, 0.29) is 42.1 Å². The van der Waals surface area contributed by atoms with E-state index >= 15 is 0 Å². The lowest BCUT2D eigenvalue weighted by atomic mass is 9.92. The summed E-state index contributed by atoms with van der Waals surface area (Å²) in [5.41, 5.74) is 6.22. The third-order valence-electron chi connectivity index (χ3n) is 5.44. The fraction of sp³-hybridized carbons (Fsp3) is 0.333. The maximum absolute atomic E-state index is 12.9. The molecule has 2 aromatic rings. The van der Waals surface area contributed by atoms with E-state index in [9.17, 15) is 14.4 Å². The van der Waals surface area contributed by atoms with E-state index < -0.39 is 5.91 Å². The van der Waals surface area contributed by atoms with Crippen LogP contribution in [-0.4, -0.2) is 46.4 Å². The number of urea groups is 1. The molecule has 2 fully saturated rings. The summed E-state index contributed by atoms with van der Waals surface area (Å²) >= 11 is 6.02. The summed E-state index contributed by atoms with van der Waals surface area (Å²) in [4.78, 5) is 43.9. The Morgan fingerprint density at radius 3 is 2.60 bits per heavy atom. The molecule has 0 unspecified atom stereocenters. The van der Waals surface area contributed by atoms with Crippen LogP contribution in [0.2, 0.25) is 5.02 Å². The number of imide groups is 1. The molecule has 0 atom stereocenters. The Balaban J connectivity index is 1.40. The molecule has 0 radical (unpaired) electrons. The number of ether oxygens (including phenoxy) is 1. The zero-order chi connectivity index (χ0) is 21.3. The number of rotatable bonds is 5. The number of amides is 4. The second kappa shape index (κ2) is 8.31. The van der Waals surface area contributed by atoms with Crippen molar-refractivity contribution in [2.75, 3.05) is 11.4 Å². The predicted molar refractivity (Wildman–Crippen MR) is 110 cm³/mol. The van der Waals surface area contributed by atoms with Crippen LogP contribution in [0.1, 0.15) is 36.0 Å². The van der Waals surface area contributed by atoms with Crippen molar-refractivity contribution in [3.8, 4) is 5.88 Å². The molecule has 1 saturated heterocycles. The molecule has 1 aromatic heterocycles. The van der Waals surface area contributed by atoms with Crippen LogP contribution in [0.25, 0.3) is 0 Å². The topological polar surface area (TPSA) is 106 Å². The fourth-order valence-electron chi connectivity index (χ4n) is 3.97. The number of hydrogen-bond donors (Lipinski definition) is 1. The Morgan fingerprint density at radius 2 is 1.90 bits per heavy atom. The van der Waals surface area contributed by atoms with Crippen molar-refractivity contribution < 1.29 is 19.1 Å². The molecule has 1 aliphatic heterocycles. The van der Waals surface area contributed by atoms with Gasteiger partial charge in [0.15, 0.2) is 0 Å². The van der Waals surface area contributed by atoms with Gasteiger partial charge in [-0.15, -0.1) is 0 Å². The van der Waals surface area contributed by atoms with Crippen LogP contribution in [0.3, 0.4) is 0 Å². The molecular formula is C21H21ClN4O4. The lowest BCUT2D eigenvalue weighted by molar-refractivity contribution is -0.127. The summed E-state index contributed by atoms with van der Waals surface area (Å²) in [5.74, 6) is -0.597. The van der Waals surface area contributed by atoms with Crippen LogP contribution in [0.4, 0.5) is 10.5 Å². The fourth-order valence-corrected chi connectivity index (χ4v) is 4.16. The lowest BCUT2D eigenvalue weighted by Crippen LogP contribution is -2.44. The van der Waals surface area contributed by atoms with Crippen molar-refractivity contribution in [3.63, 3.8) is 0 Å². The standard InChI is InChI=1S/C21H21ClN4O4/c22-13-3-1-4-15(11-13)25-12-18(27)26(21(25)29)14-6-8-16(9-7-14)30-20-17(19(23)28)5-2-10-24-20/h1-5,10-11,14,16H,6-9,12H2,(H2,23,28). The number of carbonyl (C=O) groups excluding carboxylic acids is 3. The van der Waals surface area contributed by atoms with Gasteiger partial charge in [0.25, 0.3) is 11.8 Å². The molecule has 1 saturated carbocycles. The molecule has 2 heterocycles. The number of pyridine rings is 1. The zero-order valence-corrected chi connectivity index (χ0v) is 16.9. The molecule has 2 aliphatic rings. The van der Waals surface area contributed by atoms with Crippen LogP contribution >= 0.6 is 11.6 Å². The molecule has 1 aromatic carbocycles. The highest BCUT2D eigenvalue weighted by atomic mass is 35.5. The number of nitrogens with zero attached hydrogens (tertiary/aromatic N) is 3. The highest BCUT2D eigenvalue weighted by Gasteiger charge is 2.42. The molecule has 8 nitrogen and oxygen atoms in total. The highest BCUT2D eigenvalue weighted by Crippen LogP contribution is 2.31. The summed E-state index contributed by atoms with van der Waals surface area (Å²) in [6.45, 7) is 0.00547. The lowest BCUT2D eigenvalue weighted by Gasteiger charge is -2.33. The molecule has 0 spiro atoms. The number of benzene rings is 1. The van der Waals surface area contributed by atoms with Gasteiger partial charge in [-0.05, 0) is 56.0 Å². The molecule has 1 aliphatic carbocycles. The van der Waals surface area contributed by atoms with Gasteiger partial charge in [0.05, 0.1) is 0 Å². The summed E-state index contributed by atoms with van der Waals surface area (Å²) in [6.07, 6.45) is 3.88. The molecule has 4 rings (SSSR count). The molecular weight excluding hydrogens is 408 g/mol. The average Bonchev–Trinajstić information content (AvgIpc) is 3.03. The Bertz CT molecular complexity index is 990. The summed E-state index contributed by atoms with van der Waals surface area (Å²) in [5, 5.41) is 0.508. The second-order valence-corrected chi connectivity index (χ2v) is 7.82. The minimum absolute atomic E-state index is 0.00547. The maximum Gasteiger partial charge on any atom is 0.331 e.